The van der Waals surface area contributed by atoms with E-state index in [4.69, 9.17) is 5.73 Å². The van der Waals surface area contributed by atoms with Crippen molar-refractivity contribution in [2.75, 3.05) is 0 Å². The molecule has 0 aliphatic heterocycles. The fraction of sp³-hybridized carbons (Fsp3) is 1.00. The molecule has 0 amide bonds. The molecular weight excluding hydrogens is 134 g/mol. The third-order valence-electron chi connectivity index (χ3n) is 1.80. The SMILES string of the molecule is CCCCC(N)CC(C)(C)C. The van der Waals surface area contributed by atoms with E-state index in [1.54, 1.807) is 0 Å². The van der Waals surface area contributed by atoms with Crippen LogP contribution in [0.4, 0.5) is 0 Å². The van der Waals surface area contributed by atoms with Gasteiger partial charge >= 0.3 is 0 Å². The zero-order chi connectivity index (χ0) is 8.91. The maximum absolute atomic E-state index is 5.95. The quantitative estimate of drug-likeness (QED) is 0.667. The summed E-state index contributed by atoms with van der Waals surface area (Å²) in [5.41, 5.74) is 6.34. The Balaban J connectivity index is 3.44. The highest BCUT2D eigenvalue weighted by Gasteiger charge is 2.14. The zero-order valence-electron chi connectivity index (χ0n) is 8.48. The van der Waals surface area contributed by atoms with Gasteiger partial charge in [-0.1, -0.05) is 40.5 Å². The molecule has 2 N–H and O–H groups in total. The van der Waals surface area contributed by atoms with Gasteiger partial charge in [-0.2, -0.15) is 0 Å². The highest BCUT2D eigenvalue weighted by atomic mass is 14.6. The lowest BCUT2D eigenvalue weighted by Gasteiger charge is -2.22. The molecular formula is C10H23N. The molecule has 0 saturated carbocycles. The minimum absolute atomic E-state index is 0.396. The summed E-state index contributed by atoms with van der Waals surface area (Å²) >= 11 is 0. The van der Waals surface area contributed by atoms with Crippen LogP contribution in [0.3, 0.4) is 0 Å². The van der Waals surface area contributed by atoms with E-state index in [1.807, 2.05) is 0 Å². The van der Waals surface area contributed by atoms with Crippen molar-refractivity contribution in [3.63, 3.8) is 0 Å². The lowest BCUT2D eigenvalue weighted by atomic mass is 9.87. The Hall–Kier alpha value is -0.0400. The average Bonchev–Trinajstić information content (AvgIpc) is 1.79. The van der Waals surface area contributed by atoms with Gasteiger partial charge in [0.15, 0.2) is 0 Å². The molecule has 0 rings (SSSR count). The maximum Gasteiger partial charge on any atom is 0.00438 e. The van der Waals surface area contributed by atoms with E-state index in [0.717, 1.165) is 6.42 Å². The van der Waals surface area contributed by atoms with Gasteiger partial charge in [0.1, 0.15) is 0 Å². The fourth-order valence-corrected chi connectivity index (χ4v) is 1.35. The van der Waals surface area contributed by atoms with Gasteiger partial charge in [-0.15, -0.1) is 0 Å². The molecule has 1 atom stereocenters. The van der Waals surface area contributed by atoms with Crippen molar-refractivity contribution >= 4 is 0 Å². The van der Waals surface area contributed by atoms with Crippen molar-refractivity contribution in [1.82, 2.24) is 0 Å². The minimum atomic E-state index is 0.396. The highest BCUT2D eigenvalue weighted by molar-refractivity contribution is 4.70. The van der Waals surface area contributed by atoms with Gasteiger partial charge in [-0.25, -0.2) is 0 Å². The molecule has 0 aromatic carbocycles. The van der Waals surface area contributed by atoms with Gasteiger partial charge < -0.3 is 5.73 Å². The van der Waals surface area contributed by atoms with Gasteiger partial charge in [0.05, 0.1) is 0 Å². The molecule has 0 heterocycles. The molecule has 0 aromatic heterocycles. The highest BCUT2D eigenvalue weighted by Crippen LogP contribution is 2.21. The van der Waals surface area contributed by atoms with E-state index in [9.17, 15) is 0 Å². The first-order valence-corrected chi connectivity index (χ1v) is 4.71. The summed E-state index contributed by atoms with van der Waals surface area (Å²) in [5, 5.41) is 0. The average molecular weight is 157 g/mol. The molecule has 0 fully saturated rings. The standard InChI is InChI=1S/C10H23N/c1-5-6-7-9(11)8-10(2,3)4/h9H,5-8,11H2,1-4H3. The van der Waals surface area contributed by atoms with Crippen LogP contribution in [-0.2, 0) is 0 Å². The smallest absolute Gasteiger partial charge is 0.00438 e. The Kier molecular flexibility index (Phi) is 4.74. The Bertz CT molecular complexity index is 91.5. The number of rotatable bonds is 4. The van der Waals surface area contributed by atoms with E-state index in [1.165, 1.54) is 19.3 Å². The van der Waals surface area contributed by atoms with Crippen molar-refractivity contribution in [3.05, 3.63) is 0 Å². The number of nitrogens with two attached hydrogens (primary N) is 1. The first kappa shape index (κ1) is 11.0. The van der Waals surface area contributed by atoms with Crippen molar-refractivity contribution < 1.29 is 0 Å². The van der Waals surface area contributed by atoms with Crippen molar-refractivity contribution in [3.8, 4) is 0 Å². The molecule has 68 valence electrons. The van der Waals surface area contributed by atoms with E-state index in [0.29, 0.717) is 11.5 Å². The van der Waals surface area contributed by atoms with Gasteiger partial charge in [0, 0.05) is 6.04 Å². The molecule has 0 aliphatic rings. The van der Waals surface area contributed by atoms with Crippen LogP contribution in [-0.4, -0.2) is 6.04 Å². The summed E-state index contributed by atoms with van der Waals surface area (Å²) in [6.07, 6.45) is 4.87. The molecule has 0 saturated heterocycles. The maximum atomic E-state index is 5.95. The molecule has 0 aromatic rings. The topological polar surface area (TPSA) is 26.0 Å². The molecule has 1 nitrogen and oxygen atoms in total. The number of unbranched alkanes of at least 4 members (excludes halogenated alkanes) is 1. The molecule has 11 heavy (non-hydrogen) atoms. The lowest BCUT2D eigenvalue weighted by Crippen LogP contribution is -2.26. The van der Waals surface area contributed by atoms with E-state index in [-0.39, 0.29) is 0 Å². The summed E-state index contributed by atoms with van der Waals surface area (Å²) in [6, 6.07) is 0.412. The van der Waals surface area contributed by atoms with Crippen molar-refractivity contribution in [2.24, 2.45) is 11.1 Å². The number of hydrogen-bond acceptors (Lipinski definition) is 1. The van der Waals surface area contributed by atoms with Crippen LogP contribution in [0.2, 0.25) is 0 Å². The Labute approximate surface area is 71.4 Å². The van der Waals surface area contributed by atoms with Crippen LogP contribution in [0.15, 0.2) is 0 Å². The molecule has 0 bridgehead atoms. The fourth-order valence-electron chi connectivity index (χ4n) is 1.35. The summed E-state index contributed by atoms with van der Waals surface area (Å²) in [4.78, 5) is 0. The van der Waals surface area contributed by atoms with Gasteiger partial charge in [-0.3, -0.25) is 0 Å². The van der Waals surface area contributed by atoms with Gasteiger partial charge in [0.2, 0.25) is 0 Å². The summed E-state index contributed by atoms with van der Waals surface area (Å²) in [7, 11) is 0. The molecule has 0 spiro atoms. The summed E-state index contributed by atoms with van der Waals surface area (Å²) < 4.78 is 0. The second-order valence-electron chi connectivity index (χ2n) is 4.67. The van der Waals surface area contributed by atoms with Crippen LogP contribution in [0, 0.1) is 5.41 Å². The third kappa shape index (κ3) is 7.86. The van der Waals surface area contributed by atoms with Crippen LogP contribution in [0.5, 0.6) is 0 Å². The number of hydrogen-bond donors (Lipinski definition) is 1. The van der Waals surface area contributed by atoms with E-state index < -0.39 is 0 Å². The molecule has 0 radical (unpaired) electrons. The largest absolute Gasteiger partial charge is 0.328 e. The van der Waals surface area contributed by atoms with Crippen LogP contribution < -0.4 is 5.73 Å². The molecule has 0 aliphatic carbocycles. The van der Waals surface area contributed by atoms with Crippen LogP contribution in [0.25, 0.3) is 0 Å². The second kappa shape index (κ2) is 4.76. The monoisotopic (exact) mass is 157 g/mol. The van der Waals surface area contributed by atoms with Crippen molar-refractivity contribution in [2.45, 2.75) is 59.4 Å². The lowest BCUT2D eigenvalue weighted by molar-refractivity contribution is 0.328. The second-order valence-corrected chi connectivity index (χ2v) is 4.67. The van der Waals surface area contributed by atoms with E-state index in [2.05, 4.69) is 27.7 Å². The molecule has 1 heteroatoms. The predicted molar refractivity (Wildman–Crippen MR) is 51.6 cm³/mol. The van der Waals surface area contributed by atoms with E-state index >= 15 is 0 Å². The summed E-state index contributed by atoms with van der Waals surface area (Å²) in [5.74, 6) is 0. The summed E-state index contributed by atoms with van der Waals surface area (Å²) in [6.45, 7) is 8.96. The normalized spacial score (nSPS) is 15.0. The van der Waals surface area contributed by atoms with Crippen molar-refractivity contribution in [1.29, 1.82) is 0 Å². The molecule has 1 unspecified atom stereocenters. The van der Waals surface area contributed by atoms with Crippen LogP contribution in [0.1, 0.15) is 53.4 Å². The Morgan fingerprint density at radius 3 is 2.18 bits per heavy atom. The first-order chi connectivity index (χ1) is 4.95. The first-order valence-electron chi connectivity index (χ1n) is 4.71. The Morgan fingerprint density at radius 2 is 1.82 bits per heavy atom. The van der Waals surface area contributed by atoms with Gasteiger partial charge in [-0.05, 0) is 18.3 Å². The van der Waals surface area contributed by atoms with Gasteiger partial charge in [0.25, 0.3) is 0 Å². The predicted octanol–water partition coefficient (Wildman–Crippen LogP) is 2.94. The zero-order valence-corrected chi connectivity index (χ0v) is 8.48. The third-order valence-corrected chi connectivity index (χ3v) is 1.80. The minimum Gasteiger partial charge on any atom is -0.328 e. The Morgan fingerprint density at radius 1 is 1.27 bits per heavy atom. The van der Waals surface area contributed by atoms with Crippen LogP contribution >= 0.6 is 0 Å².